The molecule has 0 radical (unpaired) electrons. The van der Waals surface area contributed by atoms with E-state index in [-0.39, 0.29) is 18.4 Å². The van der Waals surface area contributed by atoms with Crippen molar-refractivity contribution in [3.05, 3.63) is 59.4 Å². The Bertz CT molecular complexity index is 1030. The van der Waals surface area contributed by atoms with Gasteiger partial charge in [0.25, 0.3) is 11.8 Å². The van der Waals surface area contributed by atoms with E-state index in [0.717, 1.165) is 16.9 Å². The highest BCUT2D eigenvalue weighted by molar-refractivity contribution is 6.05. The Morgan fingerprint density at radius 2 is 1.61 bits per heavy atom. The van der Waals surface area contributed by atoms with Gasteiger partial charge >= 0.3 is 0 Å². The van der Waals surface area contributed by atoms with Crippen LogP contribution in [0.25, 0.3) is 11.0 Å². The number of anilines is 1. The van der Waals surface area contributed by atoms with Gasteiger partial charge in [0.15, 0.2) is 6.61 Å². The molecular weight excluding hydrogens is 356 g/mol. The highest BCUT2D eigenvalue weighted by atomic mass is 16.5. The van der Waals surface area contributed by atoms with Crippen LogP contribution in [0.4, 0.5) is 5.69 Å². The molecule has 0 saturated carbocycles. The first kappa shape index (κ1) is 19.3. The van der Waals surface area contributed by atoms with E-state index in [4.69, 9.17) is 4.74 Å². The zero-order valence-electron chi connectivity index (χ0n) is 16.3. The molecule has 144 valence electrons. The van der Waals surface area contributed by atoms with Crippen LogP contribution in [0.3, 0.4) is 0 Å². The molecule has 7 nitrogen and oxygen atoms in total. The highest BCUT2D eigenvalue weighted by Crippen LogP contribution is 2.18. The zero-order valence-corrected chi connectivity index (χ0v) is 16.3. The van der Waals surface area contributed by atoms with Crippen molar-refractivity contribution in [3.8, 4) is 5.75 Å². The van der Waals surface area contributed by atoms with Gasteiger partial charge in [-0.3, -0.25) is 9.59 Å². The van der Waals surface area contributed by atoms with Crippen LogP contribution in [0.2, 0.25) is 0 Å². The van der Waals surface area contributed by atoms with Crippen LogP contribution < -0.4 is 10.1 Å². The molecule has 0 aliphatic heterocycles. The summed E-state index contributed by atoms with van der Waals surface area (Å²) in [5.41, 5.74) is 4.29. The van der Waals surface area contributed by atoms with Crippen molar-refractivity contribution >= 4 is 28.5 Å². The molecule has 0 unspecified atom stereocenters. The van der Waals surface area contributed by atoms with Gasteiger partial charge in [0, 0.05) is 25.3 Å². The van der Waals surface area contributed by atoms with Gasteiger partial charge in [-0.05, 0) is 56.3 Å². The smallest absolute Gasteiger partial charge is 0.259 e. The van der Waals surface area contributed by atoms with Gasteiger partial charge in [-0.1, -0.05) is 0 Å². The van der Waals surface area contributed by atoms with Crippen molar-refractivity contribution in [2.75, 3.05) is 26.0 Å². The van der Waals surface area contributed by atoms with Gasteiger partial charge in [0.1, 0.15) is 5.75 Å². The Balaban J connectivity index is 1.68. The molecule has 1 aromatic heterocycles. The highest BCUT2D eigenvalue weighted by Gasteiger charge is 2.10. The van der Waals surface area contributed by atoms with E-state index in [9.17, 15) is 9.59 Å². The summed E-state index contributed by atoms with van der Waals surface area (Å²) >= 11 is 0. The van der Waals surface area contributed by atoms with Crippen molar-refractivity contribution in [3.63, 3.8) is 0 Å². The molecule has 1 N–H and O–H groups in total. The number of carbonyl (C=O) groups is 2. The number of fused-ring (bicyclic) bond motifs is 1. The Morgan fingerprint density at radius 3 is 2.25 bits per heavy atom. The maximum atomic E-state index is 12.5. The fourth-order valence-corrected chi connectivity index (χ4v) is 2.48. The largest absolute Gasteiger partial charge is 0.484 e. The van der Waals surface area contributed by atoms with Gasteiger partial charge < -0.3 is 15.0 Å². The molecule has 1 heterocycles. The third kappa shape index (κ3) is 4.43. The van der Waals surface area contributed by atoms with E-state index in [1.165, 1.54) is 4.90 Å². The summed E-state index contributed by atoms with van der Waals surface area (Å²) in [6.07, 6.45) is 0. The van der Waals surface area contributed by atoms with Crippen LogP contribution in [0, 0.1) is 13.8 Å². The third-order valence-corrected chi connectivity index (χ3v) is 4.31. The number of nitrogens with zero attached hydrogens (tertiary/aromatic N) is 3. The fourth-order valence-electron chi connectivity index (χ4n) is 2.48. The molecule has 0 fully saturated rings. The van der Waals surface area contributed by atoms with E-state index >= 15 is 0 Å². The Morgan fingerprint density at radius 1 is 0.964 bits per heavy atom. The lowest BCUT2D eigenvalue weighted by atomic mass is 10.1. The zero-order chi connectivity index (χ0) is 20.3. The van der Waals surface area contributed by atoms with E-state index in [2.05, 4.69) is 15.3 Å². The molecule has 0 saturated heterocycles. The van der Waals surface area contributed by atoms with Crippen molar-refractivity contribution in [2.24, 2.45) is 0 Å². The van der Waals surface area contributed by atoms with E-state index in [0.29, 0.717) is 22.5 Å². The van der Waals surface area contributed by atoms with Gasteiger partial charge in [0.05, 0.1) is 22.4 Å². The standard InChI is InChI=1S/C21H22N4O3/c1-13-14(2)23-19-11-15(5-10-18(19)22-13)21(27)24-16-6-8-17(9-7-16)28-12-20(26)25(3)4/h5-11H,12H2,1-4H3,(H,24,27). The quantitative estimate of drug-likeness (QED) is 0.738. The molecule has 28 heavy (non-hydrogen) atoms. The lowest BCUT2D eigenvalue weighted by Crippen LogP contribution is -2.27. The summed E-state index contributed by atoms with van der Waals surface area (Å²) in [6, 6.07) is 12.1. The number of carbonyl (C=O) groups excluding carboxylic acids is 2. The maximum Gasteiger partial charge on any atom is 0.259 e. The van der Waals surface area contributed by atoms with E-state index in [1.54, 1.807) is 56.6 Å². The van der Waals surface area contributed by atoms with Crippen LogP contribution in [-0.2, 0) is 4.79 Å². The molecule has 0 bridgehead atoms. The molecular formula is C21H22N4O3. The summed E-state index contributed by atoms with van der Waals surface area (Å²) in [5, 5.41) is 2.84. The summed E-state index contributed by atoms with van der Waals surface area (Å²) in [7, 11) is 3.34. The Labute approximate surface area is 163 Å². The molecule has 3 rings (SSSR count). The van der Waals surface area contributed by atoms with Gasteiger partial charge in [-0.2, -0.15) is 0 Å². The van der Waals surface area contributed by atoms with Gasteiger partial charge in [-0.25, -0.2) is 9.97 Å². The molecule has 7 heteroatoms. The number of benzene rings is 2. The minimum absolute atomic E-state index is 0.0320. The summed E-state index contributed by atoms with van der Waals surface area (Å²) in [5.74, 6) is 0.195. The lowest BCUT2D eigenvalue weighted by Gasteiger charge is -2.12. The molecule has 0 spiro atoms. The van der Waals surface area contributed by atoms with E-state index in [1.807, 2.05) is 13.8 Å². The van der Waals surface area contributed by atoms with Crippen LogP contribution in [0.5, 0.6) is 5.75 Å². The van der Waals surface area contributed by atoms with Crippen molar-refractivity contribution in [1.82, 2.24) is 14.9 Å². The predicted octanol–water partition coefficient (Wildman–Crippen LogP) is 2.97. The number of hydrogen-bond donors (Lipinski definition) is 1. The minimum atomic E-state index is -0.238. The summed E-state index contributed by atoms with van der Waals surface area (Å²) in [4.78, 5) is 34.5. The number of likely N-dealkylation sites (N-methyl/N-ethyl adjacent to an activating group) is 1. The fraction of sp³-hybridized carbons (Fsp3) is 0.238. The third-order valence-electron chi connectivity index (χ3n) is 4.31. The van der Waals surface area contributed by atoms with Crippen LogP contribution in [0.15, 0.2) is 42.5 Å². The van der Waals surface area contributed by atoms with Crippen LogP contribution >= 0.6 is 0 Å². The SMILES string of the molecule is Cc1nc2ccc(C(=O)Nc3ccc(OCC(=O)N(C)C)cc3)cc2nc1C. The van der Waals surface area contributed by atoms with Crippen molar-refractivity contribution in [1.29, 1.82) is 0 Å². The molecule has 2 aromatic carbocycles. The number of rotatable bonds is 5. The van der Waals surface area contributed by atoms with Gasteiger partial charge in [0.2, 0.25) is 0 Å². The van der Waals surface area contributed by atoms with E-state index < -0.39 is 0 Å². The molecule has 0 atom stereocenters. The number of aryl methyl sites for hydroxylation is 2. The maximum absolute atomic E-state index is 12.5. The monoisotopic (exact) mass is 378 g/mol. The number of aromatic nitrogens is 2. The lowest BCUT2D eigenvalue weighted by molar-refractivity contribution is -0.130. The second kappa shape index (κ2) is 8.04. The topological polar surface area (TPSA) is 84.4 Å². The Hall–Kier alpha value is -3.48. The second-order valence-electron chi connectivity index (χ2n) is 6.65. The average molecular weight is 378 g/mol. The molecule has 0 aliphatic rings. The van der Waals surface area contributed by atoms with Crippen molar-refractivity contribution < 1.29 is 14.3 Å². The summed E-state index contributed by atoms with van der Waals surface area (Å²) < 4.78 is 5.42. The number of nitrogens with one attached hydrogen (secondary N) is 1. The first-order chi connectivity index (χ1) is 13.3. The Kier molecular flexibility index (Phi) is 5.54. The number of amides is 2. The number of ether oxygens (including phenoxy) is 1. The normalized spacial score (nSPS) is 10.6. The first-order valence-electron chi connectivity index (χ1n) is 8.83. The average Bonchev–Trinajstić information content (AvgIpc) is 2.67. The summed E-state index contributed by atoms with van der Waals surface area (Å²) in [6.45, 7) is 3.77. The molecule has 3 aromatic rings. The van der Waals surface area contributed by atoms with Crippen molar-refractivity contribution in [2.45, 2.75) is 13.8 Å². The van der Waals surface area contributed by atoms with Gasteiger partial charge in [-0.15, -0.1) is 0 Å². The second-order valence-corrected chi connectivity index (χ2v) is 6.65. The minimum Gasteiger partial charge on any atom is -0.484 e. The van der Waals surface area contributed by atoms with Crippen LogP contribution in [0.1, 0.15) is 21.7 Å². The predicted molar refractivity (Wildman–Crippen MR) is 108 cm³/mol. The van der Waals surface area contributed by atoms with Crippen LogP contribution in [-0.4, -0.2) is 47.4 Å². The first-order valence-corrected chi connectivity index (χ1v) is 8.83. The molecule has 0 aliphatic carbocycles. The molecule has 2 amide bonds. The number of hydrogen-bond acceptors (Lipinski definition) is 5.